The van der Waals surface area contributed by atoms with Crippen molar-refractivity contribution in [2.24, 2.45) is 5.92 Å². The fourth-order valence-corrected chi connectivity index (χ4v) is 2.38. The number of piperidine rings is 1. The van der Waals surface area contributed by atoms with E-state index in [4.69, 9.17) is 10.4 Å². The molecule has 0 bridgehead atoms. The first kappa shape index (κ1) is 12.4. The van der Waals surface area contributed by atoms with Crippen molar-refractivity contribution in [2.45, 2.75) is 19.8 Å². The molecular formula is C14H16N2O2. The van der Waals surface area contributed by atoms with Crippen molar-refractivity contribution in [3.05, 3.63) is 29.3 Å². The minimum absolute atomic E-state index is 0.283. The molecule has 1 atom stereocenters. The topological polar surface area (TPSA) is 64.3 Å². The van der Waals surface area contributed by atoms with Gasteiger partial charge >= 0.3 is 5.97 Å². The normalized spacial score (nSPS) is 19.3. The summed E-state index contributed by atoms with van der Waals surface area (Å²) in [6.07, 6.45) is 1.65. The van der Waals surface area contributed by atoms with E-state index in [0.717, 1.165) is 30.6 Å². The number of carboxylic acids is 1. The van der Waals surface area contributed by atoms with Crippen LogP contribution in [0.15, 0.2) is 18.2 Å². The second-order valence-corrected chi connectivity index (χ2v) is 4.73. The van der Waals surface area contributed by atoms with Crippen molar-refractivity contribution in [3.8, 4) is 6.07 Å². The van der Waals surface area contributed by atoms with Crippen LogP contribution in [0.4, 0.5) is 5.69 Å². The van der Waals surface area contributed by atoms with E-state index in [9.17, 15) is 4.79 Å². The summed E-state index contributed by atoms with van der Waals surface area (Å²) in [5.74, 6) is -1.00. The van der Waals surface area contributed by atoms with Gasteiger partial charge in [0.2, 0.25) is 0 Å². The molecule has 1 aromatic rings. The Morgan fingerprint density at radius 1 is 1.56 bits per heavy atom. The molecule has 1 aromatic carbocycles. The third kappa shape index (κ3) is 2.45. The predicted molar refractivity (Wildman–Crippen MR) is 68.5 cm³/mol. The zero-order chi connectivity index (χ0) is 13.1. The first-order valence-electron chi connectivity index (χ1n) is 6.10. The van der Waals surface area contributed by atoms with Crippen molar-refractivity contribution in [3.63, 3.8) is 0 Å². The van der Waals surface area contributed by atoms with E-state index >= 15 is 0 Å². The average Bonchev–Trinajstić information content (AvgIpc) is 2.38. The number of carbonyl (C=O) groups is 1. The minimum Gasteiger partial charge on any atom is -0.481 e. The summed E-state index contributed by atoms with van der Waals surface area (Å²) in [5, 5.41) is 18.0. The maximum atomic E-state index is 11.0. The van der Waals surface area contributed by atoms with Crippen LogP contribution < -0.4 is 4.90 Å². The van der Waals surface area contributed by atoms with Gasteiger partial charge in [-0.05, 0) is 43.5 Å². The Kier molecular flexibility index (Phi) is 3.52. The summed E-state index contributed by atoms with van der Waals surface area (Å²) < 4.78 is 0. The Morgan fingerprint density at radius 2 is 2.33 bits per heavy atom. The molecule has 1 saturated heterocycles. The van der Waals surface area contributed by atoms with Crippen LogP contribution in [-0.2, 0) is 4.79 Å². The Hall–Kier alpha value is -2.02. The van der Waals surface area contributed by atoms with Gasteiger partial charge in [0.05, 0.1) is 17.6 Å². The molecule has 0 aromatic heterocycles. The first-order chi connectivity index (χ1) is 8.61. The van der Waals surface area contributed by atoms with E-state index in [2.05, 4.69) is 11.0 Å². The maximum absolute atomic E-state index is 11.0. The Bertz CT molecular complexity index is 505. The zero-order valence-corrected chi connectivity index (χ0v) is 10.4. The lowest BCUT2D eigenvalue weighted by Gasteiger charge is -2.32. The van der Waals surface area contributed by atoms with Gasteiger partial charge in [0.15, 0.2) is 0 Å². The van der Waals surface area contributed by atoms with Crippen LogP contribution in [0.25, 0.3) is 0 Å². The summed E-state index contributed by atoms with van der Waals surface area (Å²) in [5.41, 5.74) is 2.62. The molecule has 0 saturated carbocycles. The van der Waals surface area contributed by atoms with E-state index in [1.54, 1.807) is 6.07 Å². The second kappa shape index (κ2) is 5.09. The van der Waals surface area contributed by atoms with Crippen molar-refractivity contribution >= 4 is 11.7 Å². The summed E-state index contributed by atoms with van der Waals surface area (Å²) in [6, 6.07) is 7.80. The molecule has 0 radical (unpaired) electrons. The highest BCUT2D eigenvalue weighted by atomic mass is 16.4. The fourth-order valence-electron chi connectivity index (χ4n) is 2.38. The number of benzene rings is 1. The second-order valence-electron chi connectivity index (χ2n) is 4.73. The predicted octanol–water partition coefficient (Wildman–Crippen LogP) is 2.17. The van der Waals surface area contributed by atoms with Gasteiger partial charge in [-0.25, -0.2) is 0 Å². The van der Waals surface area contributed by atoms with Crippen LogP contribution in [0.3, 0.4) is 0 Å². The molecular weight excluding hydrogens is 228 g/mol. The van der Waals surface area contributed by atoms with Crippen LogP contribution in [0.5, 0.6) is 0 Å². The van der Waals surface area contributed by atoms with E-state index in [-0.39, 0.29) is 5.92 Å². The largest absolute Gasteiger partial charge is 0.481 e. The van der Waals surface area contributed by atoms with E-state index in [1.165, 1.54) is 0 Å². The summed E-state index contributed by atoms with van der Waals surface area (Å²) in [4.78, 5) is 13.1. The lowest BCUT2D eigenvalue weighted by Crippen LogP contribution is -2.38. The molecule has 18 heavy (non-hydrogen) atoms. The number of carboxylic acid groups (broad SMARTS) is 1. The standard InChI is InChI=1S/C14H16N2O2/c1-10-7-13(5-4-11(10)8-15)16-6-2-3-12(9-16)14(17)18/h4-5,7,12H,2-3,6,9H2,1H3,(H,17,18). The summed E-state index contributed by atoms with van der Waals surface area (Å²) in [7, 11) is 0. The van der Waals surface area contributed by atoms with Crippen molar-refractivity contribution in [2.75, 3.05) is 18.0 Å². The average molecular weight is 244 g/mol. The molecule has 2 rings (SSSR count). The monoisotopic (exact) mass is 244 g/mol. The van der Waals surface area contributed by atoms with Crippen LogP contribution in [0.2, 0.25) is 0 Å². The number of nitriles is 1. The van der Waals surface area contributed by atoms with Crippen LogP contribution in [0, 0.1) is 24.2 Å². The minimum atomic E-state index is -0.718. The number of anilines is 1. The lowest BCUT2D eigenvalue weighted by molar-refractivity contribution is -0.141. The van der Waals surface area contributed by atoms with E-state index in [0.29, 0.717) is 12.1 Å². The maximum Gasteiger partial charge on any atom is 0.308 e. The van der Waals surface area contributed by atoms with Crippen LogP contribution >= 0.6 is 0 Å². The summed E-state index contributed by atoms with van der Waals surface area (Å²) in [6.45, 7) is 3.34. The molecule has 1 fully saturated rings. The van der Waals surface area contributed by atoms with Gasteiger partial charge in [0, 0.05) is 18.8 Å². The third-order valence-electron chi connectivity index (χ3n) is 3.47. The van der Waals surface area contributed by atoms with Gasteiger partial charge in [-0.1, -0.05) is 0 Å². The molecule has 0 spiro atoms. The molecule has 1 heterocycles. The molecule has 4 heteroatoms. The van der Waals surface area contributed by atoms with Gasteiger partial charge in [-0.2, -0.15) is 5.26 Å². The molecule has 0 aliphatic carbocycles. The number of nitrogens with zero attached hydrogens (tertiary/aromatic N) is 2. The molecule has 1 aliphatic heterocycles. The van der Waals surface area contributed by atoms with Gasteiger partial charge in [-0.3, -0.25) is 4.79 Å². The number of aryl methyl sites for hydroxylation is 1. The first-order valence-corrected chi connectivity index (χ1v) is 6.10. The molecule has 1 aliphatic rings. The summed E-state index contributed by atoms with van der Waals surface area (Å²) >= 11 is 0. The fraction of sp³-hybridized carbons (Fsp3) is 0.429. The van der Waals surface area contributed by atoms with Crippen molar-refractivity contribution in [1.82, 2.24) is 0 Å². The third-order valence-corrected chi connectivity index (χ3v) is 3.47. The molecule has 0 amide bonds. The molecule has 1 N–H and O–H groups in total. The van der Waals surface area contributed by atoms with Crippen molar-refractivity contribution in [1.29, 1.82) is 5.26 Å². The highest BCUT2D eigenvalue weighted by Crippen LogP contribution is 2.25. The quantitative estimate of drug-likeness (QED) is 0.866. The highest BCUT2D eigenvalue weighted by Gasteiger charge is 2.25. The van der Waals surface area contributed by atoms with Gasteiger partial charge < -0.3 is 10.0 Å². The van der Waals surface area contributed by atoms with Gasteiger partial charge in [0.1, 0.15) is 0 Å². The van der Waals surface area contributed by atoms with E-state index in [1.807, 2.05) is 19.1 Å². The van der Waals surface area contributed by atoms with Gasteiger partial charge in [-0.15, -0.1) is 0 Å². The molecule has 94 valence electrons. The number of hydrogen-bond acceptors (Lipinski definition) is 3. The van der Waals surface area contributed by atoms with Crippen LogP contribution in [0.1, 0.15) is 24.0 Å². The molecule has 4 nitrogen and oxygen atoms in total. The Labute approximate surface area is 106 Å². The Balaban J connectivity index is 2.19. The van der Waals surface area contributed by atoms with Crippen LogP contribution in [-0.4, -0.2) is 24.2 Å². The Morgan fingerprint density at radius 3 is 2.94 bits per heavy atom. The highest BCUT2D eigenvalue weighted by molar-refractivity contribution is 5.71. The molecule has 1 unspecified atom stereocenters. The van der Waals surface area contributed by atoms with Crippen molar-refractivity contribution < 1.29 is 9.90 Å². The number of aliphatic carboxylic acids is 1. The smallest absolute Gasteiger partial charge is 0.308 e. The number of hydrogen-bond donors (Lipinski definition) is 1. The number of rotatable bonds is 2. The SMILES string of the molecule is Cc1cc(N2CCCC(C(=O)O)C2)ccc1C#N. The lowest BCUT2D eigenvalue weighted by atomic mass is 9.97. The van der Waals surface area contributed by atoms with E-state index < -0.39 is 5.97 Å². The van der Waals surface area contributed by atoms with Gasteiger partial charge in [0.25, 0.3) is 0 Å². The zero-order valence-electron chi connectivity index (χ0n) is 10.4.